The quantitative estimate of drug-likeness (QED) is 0.888. The van der Waals surface area contributed by atoms with Gasteiger partial charge < -0.3 is 15.2 Å². The fraction of sp³-hybridized carbons (Fsp3) is 0.400. The number of carbonyl (C=O) groups is 1. The molecule has 0 fully saturated rings. The first kappa shape index (κ1) is 16.0. The van der Waals surface area contributed by atoms with Crippen molar-refractivity contribution in [3.05, 3.63) is 29.8 Å². The summed E-state index contributed by atoms with van der Waals surface area (Å²) in [5.41, 5.74) is 6.36. The number of nitrogens with one attached hydrogen (secondary N) is 1. The number of rotatable bonds is 4. The van der Waals surface area contributed by atoms with Gasteiger partial charge in [-0.15, -0.1) is 0 Å². The molecule has 0 aliphatic heterocycles. The lowest BCUT2D eigenvalue weighted by Crippen LogP contribution is -2.27. The molecule has 0 saturated carbocycles. The summed E-state index contributed by atoms with van der Waals surface area (Å²) in [5.74, 6) is 0.705. The highest BCUT2D eigenvalue weighted by atomic mass is 16.6. The van der Waals surface area contributed by atoms with Gasteiger partial charge in [-0.2, -0.15) is 0 Å². The number of nitrogens with two attached hydrogens (primary N) is 1. The number of ether oxygens (including phenoxy) is 2. The number of amides is 1. The van der Waals surface area contributed by atoms with E-state index in [1.165, 1.54) is 0 Å². The van der Waals surface area contributed by atoms with Crippen molar-refractivity contribution in [1.29, 1.82) is 0 Å². The molecule has 0 aromatic heterocycles. The molecule has 0 aliphatic rings. The second-order valence-corrected chi connectivity index (χ2v) is 5.22. The Labute approximate surface area is 119 Å². The van der Waals surface area contributed by atoms with E-state index >= 15 is 0 Å². The zero-order valence-electron chi connectivity index (χ0n) is 12.4. The molecule has 20 heavy (non-hydrogen) atoms. The van der Waals surface area contributed by atoms with Gasteiger partial charge in [0.05, 0.1) is 12.8 Å². The van der Waals surface area contributed by atoms with Gasteiger partial charge >= 0.3 is 6.09 Å². The van der Waals surface area contributed by atoms with E-state index in [0.717, 1.165) is 5.56 Å². The molecule has 0 aliphatic carbocycles. The van der Waals surface area contributed by atoms with Crippen LogP contribution in [-0.2, 0) is 4.74 Å². The maximum atomic E-state index is 11.8. The molecular weight excluding hydrogens is 256 g/mol. The summed E-state index contributed by atoms with van der Waals surface area (Å²) in [6, 6.07) is 5.35. The van der Waals surface area contributed by atoms with Crippen molar-refractivity contribution in [2.45, 2.75) is 26.4 Å². The normalized spacial score (nSPS) is 11.4. The van der Waals surface area contributed by atoms with E-state index in [4.69, 9.17) is 15.2 Å². The van der Waals surface area contributed by atoms with Crippen molar-refractivity contribution >= 4 is 17.9 Å². The number of carbonyl (C=O) groups excluding carboxylic acids is 1. The van der Waals surface area contributed by atoms with Gasteiger partial charge in [0.25, 0.3) is 0 Å². The van der Waals surface area contributed by atoms with Crippen molar-refractivity contribution in [3.8, 4) is 5.75 Å². The fourth-order valence-electron chi connectivity index (χ4n) is 1.53. The van der Waals surface area contributed by atoms with Crippen molar-refractivity contribution in [1.82, 2.24) is 0 Å². The highest BCUT2D eigenvalue weighted by Crippen LogP contribution is 2.24. The Morgan fingerprint density at radius 2 is 2.10 bits per heavy atom. The Kier molecular flexibility index (Phi) is 5.58. The number of anilines is 1. The lowest BCUT2D eigenvalue weighted by Gasteiger charge is -2.20. The first-order chi connectivity index (χ1) is 9.35. The van der Waals surface area contributed by atoms with Crippen LogP contribution in [0.15, 0.2) is 24.3 Å². The van der Waals surface area contributed by atoms with E-state index in [1.54, 1.807) is 25.3 Å². The molecule has 3 N–H and O–H groups in total. The number of methoxy groups -OCH3 is 1. The molecule has 0 radical (unpaired) electrons. The first-order valence-corrected chi connectivity index (χ1v) is 6.40. The maximum absolute atomic E-state index is 11.8. The van der Waals surface area contributed by atoms with Crippen molar-refractivity contribution in [3.63, 3.8) is 0 Å². The molecule has 0 atom stereocenters. The second kappa shape index (κ2) is 6.96. The van der Waals surface area contributed by atoms with Crippen LogP contribution in [0.25, 0.3) is 6.08 Å². The second-order valence-electron chi connectivity index (χ2n) is 5.22. The molecule has 0 heterocycles. The Morgan fingerprint density at radius 3 is 2.65 bits per heavy atom. The Balaban J connectivity index is 2.93. The number of benzene rings is 1. The molecule has 0 bridgehead atoms. The summed E-state index contributed by atoms with van der Waals surface area (Å²) in [6.45, 7) is 5.87. The number of hydrogen-bond acceptors (Lipinski definition) is 4. The standard InChI is InChI=1S/C15H22N2O3/c1-15(2,3)20-14(18)17-13-8-7-12(19-4)10-11(13)6-5-9-16/h5-8,10H,9,16H2,1-4H3,(H,17,18)/b6-5+. The van der Waals surface area contributed by atoms with Crippen LogP contribution in [0.2, 0.25) is 0 Å². The van der Waals surface area contributed by atoms with Crippen LogP contribution in [0.4, 0.5) is 10.5 Å². The molecular formula is C15H22N2O3. The van der Waals surface area contributed by atoms with Crippen LogP contribution in [-0.4, -0.2) is 25.3 Å². The topological polar surface area (TPSA) is 73.6 Å². The van der Waals surface area contributed by atoms with Gasteiger partial charge in [-0.1, -0.05) is 12.2 Å². The summed E-state index contributed by atoms with van der Waals surface area (Å²) < 4.78 is 10.4. The Hall–Kier alpha value is -2.01. The SMILES string of the molecule is COc1ccc(NC(=O)OC(C)(C)C)c(/C=C/CN)c1. The zero-order chi connectivity index (χ0) is 15.2. The van der Waals surface area contributed by atoms with E-state index in [-0.39, 0.29) is 0 Å². The third kappa shape index (κ3) is 5.32. The first-order valence-electron chi connectivity index (χ1n) is 6.40. The van der Waals surface area contributed by atoms with E-state index in [0.29, 0.717) is 18.0 Å². The molecule has 1 rings (SSSR count). The highest BCUT2D eigenvalue weighted by Gasteiger charge is 2.17. The average molecular weight is 278 g/mol. The minimum Gasteiger partial charge on any atom is -0.497 e. The monoisotopic (exact) mass is 278 g/mol. The van der Waals surface area contributed by atoms with E-state index in [9.17, 15) is 4.79 Å². The van der Waals surface area contributed by atoms with E-state index in [1.807, 2.05) is 32.9 Å². The van der Waals surface area contributed by atoms with E-state index in [2.05, 4.69) is 5.32 Å². The minimum atomic E-state index is -0.538. The van der Waals surface area contributed by atoms with Crippen molar-refractivity contribution in [2.24, 2.45) is 5.73 Å². The van der Waals surface area contributed by atoms with Crippen LogP contribution in [0, 0.1) is 0 Å². The predicted octanol–water partition coefficient (Wildman–Crippen LogP) is 3.01. The number of hydrogen-bond donors (Lipinski definition) is 2. The predicted molar refractivity (Wildman–Crippen MR) is 80.9 cm³/mol. The molecule has 110 valence electrons. The van der Waals surface area contributed by atoms with Gasteiger partial charge in [-0.25, -0.2) is 4.79 Å². The molecule has 1 aromatic rings. The summed E-state index contributed by atoms with van der Waals surface area (Å²) in [6.07, 6.45) is 3.13. The molecule has 0 unspecified atom stereocenters. The zero-order valence-corrected chi connectivity index (χ0v) is 12.4. The summed E-state index contributed by atoms with van der Waals surface area (Å²) in [4.78, 5) is 11.8. The van der Waals surface area contributed by atoms with Gasteiger partial charge in [0.15, 0.2) is 0 Å². The average Bonchev–Trinajstić information content (AvgIpc) is 2.35. The van der Waals surface area contributed by atoms with Crippen LogP contribution >= 0.6 is 0 Å². The molecule has 5 heteroatoms. The van der Waals surface area contributed by atoms with E-state index < -0.39 is 11.7 Å². The summed E-state index contributed by atoms with van der Waals surface area (Å²) in [7, 11) is 1.59. The van der Waals surface area contributed by atoms with Crippen LogP contribution in [0.1, 0.15) is 26.3 Å². The van der Waals surface area contributed by atoms with Gasteiger partial charge in [0.2, 0.25) is 0 Å². The molecule has 1 amide bonds. The van der Waals surface area contributed by atoms with Gasteiger partial charge in [0.1, 0.15) is 11.4 Å². The lowest BCUT2D eigenvalue weighted by molar-refractivity contribution is 0.0636. The van der Waals surface area contributed by atoms with Gasteiger partial charge in [0, 0.05) is 12.1 Å². The fourth-order valence-corrected chi connectivity index (χ4v) is 1.53. The Bertz CT molecular complexity index is 490. The summed E-state index contributed by atoms with van der Waals surface area (Å²) >= 11 is 0. The van der Waals surface area contributed by atoms with Crippen molar-refractivity contribution in [2.75, 3.05) is 19.0 Å². The largest absolute Gasteiger partial charge is 0.497 e. The minimum absolute atomic E-state index is 0.420. The van der Waals surface area contributed by atoms with Crippen LogP contribution < -0.4 is 15.8 Å². The summed E-state index contributed by atoms with van der Waals surface area (Å²) in [5, 5.41) is 2.72. The Morgan fingerprint density at radius 1 is 1.40 bits per heavy atom. The van der Waals surface area contributed by atoms with Gasteiger partial charge in [-0.3, -0.25) is 5.32 Å². The third-order valence-electron chi connectivity index (χ3n) is 2.33. The van der Waals surface area contributed by atoms with Gasteiger partial charge in [-0.05, 0) is 39.0 Å². The lowest BCUT2D eigenvalue weighted by atomic mass is 10.1. The van der Waals surface area contributed by atoms with Crippen LogP contribution in [0.5, 0.6) is 5.75 Å². The maximum Gasteiger partial charge on any atom is 0.412 e. The van der Waals surface area contributed by atoms with Crippen LogP contribution in [0.3, 0.4) is 0 Å². The molecule has 0 saturated heterocycles. The third-order valence-corrected chi connectivity index (χ3v) is 2.33. The molecule has 5 nitrogen and oxygen atoms in total. The highest BCUT2D eigenvalue weighted by molar-refractivity contribution is 5.88. The molecule has 0 spiro atoms. The van der Waals surface area contributed by atoms with Crippen molar-refractivity contribution < 1.29 is 14.3 Å². The molecule has 1 aromatic carbocycles. The smallest absolute Gasteiger partial charge is 0.412 e.